The van der Waals surface area contributed by atoms with Gasteiger partial charge >= 0.3 is 0 Å². The Hall–Kier alpha value is -1.83. The summed E-state index contributed by atoms with van der Waals surface area (Å²) in [6, 6.07) is 14.2. The van der Waals surface area contributed by atoms with Crippen LogP contribution in [-0.2, 0) is 13.0 Å². The molecule has 0 fully saturated rings. The number of aliphatic imine (C=N–C) groups is 1. The van der Waals surface area contributed by atoms with Crippen molar-refractivity contribution in [3.05, 3.63) is 59.9 Å². The third-order valence-electron chi connectivity index (χ3n) is 3.78. The Kier molecular flexibility index (Phi) is 11.4. The summed E-state index contributed by atoms with van der Waals surface area (Å²) in [4.78, 5) is 8.53. The molecule has 26 heavy (non-hydrogen) atoms. The SMILES string of the molecule is CCCCOc1ccc(CCNC(=NC)NCc2ccccn2)cc1.I. The van der Waals surface area contributed by atoms with Gasteiger partial charge in [-0.2, -0.15) is 0 Å². The fraction of sp³-hybridized carbons (Fsp3) is 0.400. The van der Waals surface area contributed by atoms with Gasteiger partial charge in [-0.3, -0.25) is 9.98 Å². The highest BCUT2D eigenvalue weighted by Gasteiger charge is 2.00. The van der Waals surface area contributed by atoms with Gasteiger partial charge in [-0.1, -0.05) is 31.5 Å². The monoisotopic (exact) mass is 468 g/mol. The maximum absolute atomic E-state index is 5.68. The fourth-order valence-corrected chi connectivity index (χ4v) is 2.31. The molecule has 0 saturated carbocycles. The molecule has 2 aromatic rings. The molecule has 2 rings (SSSR count). The molecule has 0 spiro atoms. The van der Waals surface area contributed by atoms with Crippen LogP contribution in [0.3, 0.4) is 0 Å². The summed E-state index contributed by atoms with van der Waals surface area (Å²) in [6.45, 7) is 4.43. The van der Waals surface area contributed by atoms with Gasteiger partial charge in [-0.15, -0.1) is 24.0 Å². The second-order valence-electron chi connectivity index (χ2n) is 5.77. The zero-order valence-corrected chi connectivity index (χ0v) is 17.9. The summed E-state index contributed by atoms with van der Waals surface area (Å²) in [7, 11) is 1.77. The molecule has 0 aliphatic carbocycles. The number of nitrogens with one attached hydrogen (secondary N) is 2. The van der Waals surface area contributed by atoms with Gasteiger partial charge in [0.1, 0.15) is 5.75 Å². The van der Waals surface area contributed by atoms with E-state index in [4.69, 9.17) is 4.74 Å². The van der Waals surface area contributed by atoms with Crippen molar-refractivity contribution < 1.29 is 4.74 Å². The molecule has 0 atom stereocenters. The average molecular weight is 468 g/mol. The third kappa shape index (κ3) is 8.51. The van der Waals surface area contributed by atoms with E-state index in [0.29, 0.717) is 6.54 Å². The zero-order chi connectivity index (χ0) is 17.7. The quantitative estimate of drug-likeness (QED) is 0.255. The predicted octanol–water partition coefficient (Wildman–Crippen LogP) is 3.79. The molecule has 142 valence electrons. The summed E-state index contributed by atoms with van der Waals surface area (Å²) in [5, 5.41) is 6.59. The predicted molar refractivity (Wildman–Crippen MR) is 118 cm³/mol. The third-order valence-corrected chi connectivity index (χ3v) is 3.78. The highest BCUT2D eigenvalue weighted by molar-refractivity contribution is 14.0. The van der Waals surface area contributed by atoms with Crippen LogP contribution in [0.15, 0.2) is 53.7 Å². The van der Waals surface area contributed by atoms with Gasteiger partial charge in [0.05, 0.1) is 18.8 Å². The van der Waals surface area contributed by atoms with E-state index < -0.39 is 0 Å². The minimum Gasteiger partial charge on any atom is -0.494 e. The van der Waals surface area contributed by atoms with Gasteiger partial charge in [-0.05, 0) is 42.7 Å². The molecular weight excluding hydrogens is 439 g/mol. The molecule has 1 aromatic carbocycles. The maximum atomic E-state index is 5.68. The molecule has 0 aliphatic rings. The number of halogens is 1. The molecule has 6 heteroatoms. The molecular formula is C20H29IN4O. The first-order chi connectivity index (χ1) is 12.3. The molecule has 0 unspecified atom stereocenters. The zero-order valence-electron chi connectivity index (χ0n) is 15.6. The number of guanidine groups is 1. The van der Waals surface area contributed by atoms with Gasteiger partial charge in [-0.25, -0.2) is 0 Å². The lowest BCUT2D eigenvalue weighted by Gasteiger charge is -2.12. The van der Waals surface area contributed by atoms with Crippen molar-refractivity contribution >= 4 is 29.9 Å². The first kappa shape index (κ1) is 22.2. The van der Waals surface area contributed by atoms with E-state index in [1.54, 1.807) is 13.2 Å². The van der Waals surface area contributed by atoms with Crippen LogP contribution in [0.5, 0.6) is 5.75 Å². The molecule has 0 amide bonds. The van der Waals surface area contributed by atoms with E-state index in [1.165, 1.54) is 5.56 Å². The largest absolute Gasteiger partial charge is 0.494 e. The lowest BCUT2D eigenvalue weighted by Crippen LogP contribution is -2.38. The van der Waals surface area contributed by atoms with E-state index in [2.05, 4.69) is 39.7 Å². The summed E-state index contributed by atoms with van der Waals surface area (Å²) in [5.74, 6) is 1.73. The van der Waals surface area contributed by atoms with Crippen molar-refractivity contribution in [3.8, 4) is 5.75 Å². The van der Waals surface area contributed by atoms with Crippen LogP contribution in [0.4, 0.5) is 0 Å². The lowest BCUT2D eigenvalue weighted by atomic mass is 10.1. The normalized spacial score (nSPS) is 10.8. The average Bonchev–Trinajstić information content (AvgIpc) is 2.67. The molecule has 1 aromatic heterocycles. The second kappa shape index (κ2) is 13.4. The van der Waals surface area contributed by atoms with Crippen molar-refractivity contribution in [2.24, 2.45) is 4.99 Å². The van der Waals surface area contributed by atoms with Crippen LogP contribution in [0.25, 0.3) is 0 Å². The standard InChI is InChI=1S/C20H28N4O.HI/c1-3-4-15-25-19-10-8-17(9-11-19)12-14-23-20(21-2)24-16-18-7-5-6-13-22-18;/h5-11,13H,3-4,12,14-16H2,1-2H3,(H2,21,23,24);1H. The number of aromatic nitrogens is 1. The number of hydrogen-bond donors (Lipinski definition) is 2. The Morgan fingerprint density at radius 3 is 2.58 bits per heavy atom. The summed E-state index contributed by atoms with van der Waals surface area (Å²) >= 11 is 0. The first-order valence-corrected chi connectivity index (χ1v) is 8.88. The molecule has 5 nitrogen and oxygen atoms in total. The molecule has 0 aliphatic heterocycles. The molecule has 1 heterocycles. The Labute approximate surface area is 173 Å². The Balaban J connectivity index is 0.00000338. The van der Waals surface area contributed by atoms with Crippen LogP contribution in [0.1, 0.15) is 31.0 Å². The van der Waals surface area contributed by atoms with Crippen LogP contribution >= 0.6 is 24.0 Å². The van der Waals surface area contributed by atoms with Crippen molar-refractivity contribution in [1.29, 1.82) is 0 Å². The number of rotatable bonds is 9. The Bertz CT molecular complexity index is 632. The highest BCUT2D eigenvalue weighted by atomic mass is 127. The summed E-state index contributed by atoms with van der Waals surface area (Å²) < 4.78 is 5.68. The first-order valence-electron chi connectivity index (χ1n) is 8.88. The van der Waals surface area contributed by atoms with E-state index in [0.717, 1.165) is 49.8 Å². The molecule has 2 N–H and O–H groups in total. The Morgan fingerprint density at radius 2 is 1.92 bits per heavy atom. The van der Waals surface area contributed by atoms with E-state index >= 15 is 0 Å². The van der Waals surface area contributed by atoms with Crippen molar-refractivity contribution in [3.63, 3.8) is 0 Å². The molecule has 0 radical (unpaired) electrons. The van der Waals surface area contributed by atoms with Gasteiger partial charge < -0.3 is 15.4 Å². The number of pyridine rings is 1. The smallest absolute Gasteiger partial charge is 0.191 e. The number of nitrogens with zero attached hydrogens (tertiary/aromatic N) is 2. The van der Waals surface area contributed by atoms with E-state index in [1.807, 2.05) is 30.3 Å². The number of ether oxygens (including phenoxy) is 1. The van der Waals surface area contributed by atoms with Crippen molar-refractivity contribution in [1.82, 2.24) is 15.6 Å². The number of hydrogen-bond acceptors (Lipinski definition) is 3. The van der Waals surface area contributed by atoms with Crippen LogP contribution in [-0.4, -0.2) is 31.1 Å². The second-order valence-corrected chi connectivity index (χ2v) is 5.77. The topological polar surface area (TPSA) is 58.5 Å². The molecule has 0 saturated heterocycles. The minimum atomic E-state index is 0. The summed E-state index contributed by atoms with van der Waals surface area (Å²) in [5.41, 5.74) is 2.26. The highest BCUT2D eigenvalue weighted by Crippen LogP contribution is 2.12. The summed E-state index contributed by atoms with van der Waals surface area (Å²) in [6.07, 6.45) is 4.97. The van der Waals surface area contributed by atoms with Gasteiger partial charge in [0, 0.05) is 19.8 Å². The number of unbranched alkanes of at least 4 members (excludes halogenated alkanes) is 1. The fourth-order valence-electron chi connectivity index (χ4n) is 2.31. The molecule has 0 bridgehead atoms. The maximum Gasteiger partial charge on any atom is 0.191 e. The van der Waals surface area contributed by atoms with E-state index in [9.17, 15) is 0 Å². The van der Waals surface area contributed by atoms with Crippen LogP contribution in [0.2, 0.25) is 0 Å². The Morgan fingerprint density at radius 1 is 1.12 bits per heavy atom. The van der Waals surface area contributed by atoms with Gasteiger partial charge in [0.2, 0.25) is 0 Å². The lowest BCUT2D eigenvalue weighted by molar-refractivity contribution is 0.309. The van der Waals surface area contributed by atoms with Gasteiger partial charge in [0.25, 0.3) is 0 Å². The van der Waals surface area contributed by atoms with Crippen molar-refractivity contribution in [2.75, 3.05) is 20.2 Å². The number of benzene rings is 1. The van der Waals surface area contributed by atoms with Crippen LogP contribution < -0.4 is 15.4 Å². The minimum absolute atomic E-state index is 0. The van der Waals surface area contributed by atoms with Gasteiger partial charge in [0.15, 0.2) is 5.96 Å². The van der Waals surface area contributed by atoms with Crippen molar-refractivity contribution in [2.45, 2.75) is 32.7 Å². The van der Waals surface area contributed by atoms with Crippen LogP contribution in [0, 0.1) is 0 Å². The van der Waals surface area contributed by atoms with E-state index in [-0.39, 0.29) is 24.0 Å².